The lowest BCUT2D eigenvalue weighted by Gasteiger charge is -2.09. The molecule has 1 amide bonds. The van der Waals surface area contributed by atoms with Gasteiger partial charge in [-0.25, -0.2) is 9.97 Å². The molecule has 0 atom stereocenters. The first-order valence-corrected chi connectivity index (χ1v) is 9.74. The van der Waals surface area contributed by atoms with Gasteiger partial charge in [-0.05, 0) is 60.5 Å². The Morgan fingerprint density at radius 1 is 0.806 bits per heavy atom. The van der Waals surface area contributed by atoms with Crippen LogP contribution in [0, 0.1) is 6.92 Å². The summed E-state index contributed by atoms with van der Waals surface area (Å²) in [6.07, 6.45) is 3.38. The molecule has 1 aromatic heterocycles. The van der Waals surface area contributed by atoms with Crippen molar-refractivity contribution in [2.45, 2.75) is 6.92 Å². The number of benzene rings is 3. The molecule has 4 rings (SSSR count). The molecule has 6 heteroatoms. The summed E-state index contributed by atoms with van der Waals surface area (Å²) < 4.78 is 10.8. The van der Waals surface area contributed by atoms with Crippen LogP contribution in [0.5, 0.6) is 17.5 Å². The molecule has 0 aliphatic carbocycles. The van der Waals surface area contributed by atoms with Crippen LogP contribution in [0.2, 0.25) is 0 Å². The van der Waals surface area contributed by atoms with Crippen molar-refractivity contribution in [2.24, 2.45) is 0 Å². The number of carbonyl (C=O) groups is 1. The summed E-state index contributed by atoms with van der Waals surface area (Å²) >= 11 is 0. The first-order chi connectivity index (χ1) is 15.1. The Morgan fingerprint density at radius 2 is 1.45 bits per heavy atom. The van der Waals surface area contributed by atoms with Gasteiger partial charge in [-0.2, -0.15) is 0 Å². The molecule has 0 unspecified atom stereocenters. The van der Waals surface area contributed by atoms with E-state index in [0.717, 1.165) is 28.1 Å². The fourth-order valence-electron chi connectivity index (χ4n) is 2.99. The third-order valence-electron chi connectivity index (χ3n) is 4.77. The van der Waals surface area contributed by atoms with Crippen LogP contribution in [0.4, 0.5) is 5.69 Å². The van der Waals surface area contributed by atoms with Crippen LogP contribution in [-0.4, -0.2) is 23.0 Å². The average Bonchev–Trinajstić information content (AvgIpc) is 2.82. The smallest absolute Gasteiger partial charge is 0.321 e. The van der Waals surface area contributed by atoms with Crippen molar-refractivity contribution in [2.75, 3.05) is 12.4 Å². The molecule has 0 aliphatic rings. The Bertz CT molecular complexity index is 1170. The van der Waals surface area contributed by atoms with Crippen molar-refractivity contribution in [3.8, 4) is 28.6 Å². The summed E-state index contributed by atoms with van der Waals surface area (Å²) in [4.78, 5) is 21.1. The van der Waals surface area contributed by atoms with Crippen molar-refractivity contribution in [1.29, 1.82) is 0 Å². The second-order valence-corrected chi connectivity index (χ2v) is 6.88. The summed E-state index contributed by atoms with van der Waals surface area (Å²) in [5, 5.41) is 2.94. The summed E-state index contributed by atoms with van der Waals surface area (Å²) in [7, 11) is 1.61. The molecular formula is C25H21N3O3. The summed E-state index contributed by atoms with van der Waals surface area (Å²) in [5.41, 5.74) is 4.13. The Kier molecular flexibility index (Phi) is 5.89. The van der Waals surface area contributed by atoms with Gasteiger partial charge in [0.15, 0.2) is 0 Å². The highest BCUT2D eigenvalue weighted by Gasteiger charge is 2.09. The van der Waals surface area contributed by atoms with Gasteiger partial charge in [0.25, 0.3) is 5.91 Å². The van der Waals surface area contributed by atoms with Crippen molar-refractivity contribution in [1.82, 2.24) is 9.97 Å². The van der Waals surface area contributed by atoms with Gasteiger partial charge in [-0.15, -0.1) is 0 Å². The molecule has 3 aromatic carbocycles. The number of aromatic nitrogens is 2. The van der Waals surface area contributed by atoms with E-state index in [-0.39, 0.29) is 11.9 Å². The maximum absolute atomic E-state index is 12.5. The number of nitrogens with zero attached hydrogens (tertiary/aromatic N) is 2. The van der Waals surface area contributed by atoms with Crippen molar-refractivity contribution < 1.29 is 14.3 Å². The molecule has 1 N–H and O–H groups in total. The molecule has 0 aliphatic heterocycles. The Morgan fingerprint density at radius 3 is 2.10 bits per heavy atom. The molecule has 0 spiro atoms. The van der Waals surface area contributed by atoms with Crippen molar-refractivity contribution >= 4 is 11.6 Å². The minimum absolute atomic E-state index is 0.152. The second-order valence-electron chi connectivity index (χ2n) is 6.88. The number of para-hydroxylation sites is 1. The van der Waals surface area contributed by atoms with E-state index in [0.29, 0.717) is 11.3 Å². The highest BCUT2D eigenvalue weighted by atomic mass is 16.5. The van der Waals surface area contributed by atoms with E-state index in [1.807, 2.05) is 43.3 Å². The number of anilines is 1. The van der Waals surface area contributed by atoms with Crippen LogP contribution in [0.25, 0.3) is 11.1 Å². The number of carbonyl (C=O) groups excluding carboxylic acids is 1. The Balaban J connectivity index is 1.42. The quantitative estimate of drug-likeness (QED) is 0.453. The molecule has 154 valence electrons. The van der Waals surface area contributed by atoms with Crippen LogP contribution in [0.15, 0.2) is 85.2 Å². The number of aryl methyl sites for hydroxylation is 1. The van der Waals surface area contributed by atoms with Gasteiger partial charge in [-0.1, -0.05) is 30.3 Å². The van der Waals surface area contributed by atoms with Gasteiger partial charge in [0.1, 0.15) is 11.5 Å². The van der Waals surface area contributed by atoms with Gasteiger partial charge in [0.05, 0.1) is 7.11 Å². The Hall–Kier alpha value is -4.19. The lowest BCUT2D eigenvalue weighted by Crippen LogP contribution is -2.12. The van der Waals surface area contributed by atoms with Crippen LogP contribution in [0.3, 0.4) is 0 Å². The van der Waals surface area contributed by atoms with E-state index in [2.05, 4.69) is 15.3 Å². The summed E-state index contributed by atoms with van der Waals surface area (Å²) in [6, 6.07) is 22.4. The largest absolute Gasteiger partial charge is 0.497 e. The zero-order chi connectivity index (χ0) is 21.6. The summed E-state index contributed by atoms with van der Waals surface area (Å²) in [5.74, 6) is 1.22. The highest BCUT2D eigenvalue weighted by Crippen LogP contribution is 2.24. The SMILES string of the molecule is COc1ccc(Oc2ncc(-c3ccc(C(=O)Nc4ccccc4C)cc3)cn2)cc1. The van der Waals surface area contributed by atoms with E-state index in [1.165, 1.54) is 0 Å². The van der Waals surface area contributed by atoms with E-state index >= 15 is 0 Å². The third-order valence-corrected chi connectivity index (χ3v) is 4.77. The van der Waals surface area contributed by atoms with Crippen LogP contribution in [-0.2, 0) is 0 Å². The lowest BCUT2D eigenvalue weighted by atomic mass is 10.1. The number of amides is 1. The van der Waals surface area contributed by atoms with Gasteiger partial charge < -0.3 is 14.8 Å². The fraction of sp³-hybridized carbons (Fsp3) is 0.0800. The van der Waals surface area contributed by atoms with Gasteiger partial charge in [0, 0.05) is 29.2 Å². The van der Waals surface area contributed by atoms with Gasteiger partial charge >= 0.3 is 6.01 Å². The molecule has 0 saturated carbocycles. The molecule has 6 nitrogen and oxygen atoms in total. The molecule has 0 fully saturated rings. The highest BCUT2D eigenvalue weighted by molar-refractivity contribution is 6.04. The topological polar surface area (TPSA) is 73.3 Å². The molecule has 0 bridgehead atoms. The zero-order valence-corrected chi connectivity index (χ0v) is 17.2. The van der Waals surface area contributed by atoms with E-state index in [1.54, 1.807) is 55.9 Å². The van der Waals surface area contributed by atoms with Crippen LogP contribution in [0.1, 0.15) is 15.9 Å². The van der Waals surface area contributed by atoms with E-state index in [4.69, 9.17) is 9.47 Å². The standard InChI is InChI=1S/C25H21N3O3/c1-17-5-3-4-6-23(17)28-24(29)19-9-7-18(8-10-19)20-15-26-25(27-16-20)31-22-13-11-21(30-2)12-14-22/h3-16H,1-2H3,(H,28,29). The molecule has 0 radical (unpaired) electrons. The summed E-state index contributed by atoms with van der Waals surface area (Å²) in [6.45, 7) is 1.96. The fourth-order valence-corrected chi connectivity index (χ4v) is 2.99. The zero-order valence-electron chi connectivity index (χ0n) is 17.2. The second kappa shape index (κ2) is 9.09. The third kappa shape index (κ3) is 4.87. The molecular weight excluding hydrogens is 390 g/mol. The number of ether oxygens (including phenoxy) is 2. The first-order valence-electron chi connectivity index (χ1n) is 9.74. The monoisotopic (exact) mass is 411 g/mol. The number of rotatable bonds is 6. The number of hydrogen-bond acceptors (Lipinski definition) is 5. The minimum Gasteiger partial charge on any atom is -0.497 e. The molecule has 4 aromatic rings. The van der Waals surface area contributed by atoms with Crippen LogP contribution >= 0.6 is 0 Å². The molecule has 1 heterocycles. The van der Waals surface area contributed by atoms with E-state index in [9.17, 15) is 4.79 Å². The average molecular weight is 411 g/mol. The number of hydrogen-bond donors (Lipinski definition) is 1. The molecule has 31 heavy (non-hydrogen) atoms. The maximum atomic E-state index is 12.5. The lowest BCUT2D eigenvalue weighted by molar-refractivity contribution is 0.102. The first kappa shape index (κ1) is 20.1. The van der Waals surface area contributed by atoms with Crippen LogP contribution < -0.4 is 14.8 Å². The molecule has 0 saturated heterocycles. The number of methoxy groups -OCH3 is 1. The van der Waals surface area contributed by atoms with Crippen molar-refractivity contribution in [3.63, 3.8) is 0 Å². The minimum atomic E-state index is -0.152. The number of nitrogens with one attached hydrogen (secondary N) is 1. The van der Waals surface area contributed by atoms with Gasteiger partial charge in [0.2, 0.25) is 0 Å². The van der Waals surface area contributed by atoms with Crippen molar-refractivity contribution in [3.05, 3.63) is 96.3 Å². The Labute approximate surface area is 180 Å². The normalized spacial score (nSPS) is 10.4. The van der Waals surface area contributed by atoms with E-state index < -0.39 is 0 Å². The van der Waals surface area contributed by atoms with Gasteiger partial charge in [-0.3, -0.25) is 4.79 Å². The predicted molar refractivity (Wildman–Crippen MR) is 120 cm³/mol. The predicted octanol–water partition coefficient (Wildman–Crippen LogP) is 5.51. The maximum Gasteiger partial charge on any atom is 0.321 e.